The van der Waals surface area contributed by atoms with E-state index in [1.165, 1.54) is 5.56 Å². The SMILES string of the molecule is CCn1ncc(C(=O)NC2CC3CCC(C2)N3Cc2ccccc2)c1C(F)(F)F. The molecule has 156 valence electrons. The second-order valence-corrected chi connectivity index (χ2v) is 7.91. The van der Waals surface area contributed by atoms with Crippen molar-refractivity contribution in [3.8, 4) is 0 Å². The van der Waals surface area contributed by atoms with Crippen molar-refractivity contribution < 1.29 is 18.0 Å². The normalized spacial score (nSPS) is 24.6. The zero-order valence-corrected chi connectivity index (χ0v) is 16.3. The highest BCUT2D eigenvalue weighted by atomic mass is 19.4. The Morgan fingerprint density at radius 1 is 1.17 bits per heavy atom. The van der Waals surface area contributed by atoms with Gasteiger partial charge in [0.25, 0.3) is 5.91 Å². The molecule has 1 aromatic heterocycles. The predicted octanol–water partition coefficient (Wildman–Crippen LogP) is 3.85. The number of hydrogen-bond donors (Lipinski definition) is 1. The van der Waals surface area contributed by atoms with Gasteiger partial charge in [-0.3, -0.25) is 14.4 Å². The molecule has 1 aromatic carbocycles. The number of nitrogens with zero attached hydrogens (tertiary/aromatic N) is 3. The largest absolute Gasteiger partial charge is 0.433 e. The first kappa shape index (κ1) is 19.9. The van der Waals surface area contributed by atoms with Crippen LogP contribution in [0.3, 0.4) is 0 Å². The summed E-state index contributed by atoms with van der Waals surface area (Å²) < 4.78 is 41.1. The Balaban J connectivity index is 1.44. The van der Waals surface area contributed by atoms with Crippen molar-refractivity contribution in [2.24, 2.45) is 0 Å². The maximum absolute atomic E-state index is 13.4. The quantitative estimate of drug-likeness (QED) is 0.821. The van der Waals surface area contributed by atoms with Gasteiger partial charge in [0.15, 0.2) is 5.69 Å². The molecule has 0 saturated carbocycles. The maximum Gasteiger partial charge on any atom is 0.433 e. The molecule has 3 heterocycles. The third kappa shape index (κ3) is 4.03. The van der Waals surface area contributed by atoms with Crippen molar-refractivity contribution in [3.63, 3.8) is 0 Å². The summed E-state index contributed by atoms with van der Waals surface area (Å²) in [5, 5.41) is 6.60. The standard InChI is InChI=1S/C21H25F3N4O/c1-2-28-19(21(22,23)24)18(12-25-28)20(29)26-15-10-16-8-9-17(11-15)27(16)13-14-6-4-3-5-7-14/h3-7,12,15-17H,2,8-11,13H2,1H3,(H,26,29). The van der Waals surface area contributed by atoms with Crippen molar-refractivity contribution in [3.05, 3.63) is 53.3 Å². The van der Waals surface area contributed by atoms with E-state index in [1.807, 2.05) is 18.2 Å². The van der Waals surface area contributed by atoms with Crippen LogP contribution in [0.2, 0.25) is 0 Å². The topological polar surface area (TPSA) is 50.2 Å². The van der Waals surface area contributed by atoms with Gasteiger partial charge in [0.05, 0.1) is 11.8 Å². The molecule has 0 radical (unpaired) electrons. The Morgan fingerprint density at radius 3 is 2.41 bits per heavy atom. The van der Waals surface area contributed by atoms with E-state index in [4.69, 9.17) is 0 Å². The molecule has 0 spiro atoms. The van der Waals surface area contributed by atoms with Gasteiger partial charge in [-0.15, -0.1) is 0 Å². The van der Waals surface area contributed by atoms with Crippen LogP contribution in [-0.2, 0) is 19.3 Å². The number of carbonyl (C=O) groups is 1. The number of halogens is 3. The van der Waals surface area contributed by atoms with Crippen LogP contribution in [-0.4, -0.2) is 38.7 Å². The first-order chi connectivity index (χ1) is 13.9. The van der Waals surface area contributed by atoms with Crippen LogP contribution in [0, 0.1) is 0 Å². The van der Waals surface area contributed by atoms with Gasteiger partial charge in [-0.1, -0.05) is 30.3 Å². The van der Waals surface area contributed by atoms with E-state index in [0.29, 0.717) is 12.1 Å². The molecule has 2 fully saturated rings. The van der Waals surface area contributed by atoms with Crippen molar-refractivity contribution in [1.29, 1.82) is 0 Å². The van der Waals surface area contributed by atoms with Crippen molar-refractivity contribution >= 4 is 5.91 Å². The summed E-state index contributed by atoms with van der Waals surface area (Å²) in [7, 11) is 0. The molecule has 5 nitrogen and oxygen atoms in total. The minimum Gasteiger partial charge on any atom is -0.349 e. The fourth-order valence-electron chi connectivity index (χ4n) is 4.80. The molecule has 1 amide bonds. The molecule has 4 rings (SSSR count). The lowest BCUT2D eigenvalue weighted by atomic mass is 9.96. The first-order valence-corrected chi connectivity index (χ1v) is 10.1. The van der Waals surface area contributed by atoms with E-state index in [0.717, 1.165) is 43.1 Å². The van der Waals surface area contributed by atoms with Crippen LogP contribution in [0.15, 0.2) is 36.5 Å². The average Bonchev–Trinajstić information content (AvgIpc) is 3.21. The molecule has 2 saturated heterocycles. The van der Waals surface area contributed by atoms with Gasteiger partial charge < -0.3 is 5.32 Å². The summed E-state index contributed by atoms with van der Waals surface area (Å²) in [4.78, 5) is 15.1. The maximum atomic E-state index is 13.4. The van der Waals surface area contributed by atoms with Crippen LogP contribution in [0.4, 0.5) is 13.2 Å². The molecule has 2 unspecified atom stereocenters. The van der Waals surface area contributed by atoms with Crippen molar-refractivity contribution in [1.82, 2.24) is 20.0 Å². The van der Waals surface area contributed by atoms with Gasteiger partial charge in [-0.25, -0.2) is 0 Å². The molecule has 2 aliphatic heterocycles. The van der Waals surface area contributed by atoms with E-state index < -0.39 is 23.3 Å². The average molecular weight is 406 g/mol. The number of carbonyl (C=O) groups excluding carboxylic acids is 1. The Kier molecular flexibility index (Phi) is 5.38. The molecule has 8 heteroatoms. The van der Waals surface area contributed by atoms with E-state index in [-0.39, 0.29) is 12.6 Å². The van der Waals surface area contributed by atoms with Crippen LogP contribution < -0.4 is 5.32 Å². The van der Waals surface area contributed by atoms with Gasteiger partial charge >= 0.3 is 6.18 Å². The minimum atomic E-state index is -4.61. The van der Waals surface area contributed by atoms with Gasteiger partial charge in [0, 0.05) is 31.2 Å². The molecule has 29 heavy (non-hydrogen) atoms. The fourth-order valence-corrected chi connectivity index (χ4v) is 4.80. The summed E-state index contributed by atoms with van der Waals surface area (Å²) in [6.45, 7) is 2.51. The predicted molar refractivity (Wildman–Crippen MR) is 102 cm³/mol. The Hall–Kier alpha value is -2.35. The monoisotopic (exact) mass is 406 g/mol. The number of benzene rings is 1. The third-order valence-electron chi connectivity index (χ3n) is 6.08. The number of alkyl halides is 3. The molecule has 0 aliphatic carbocycles. The lowest BCUT2D eigenvalue weighted by molar-refractivity contribution is -0.144. The van der Waals surface area contributed by atoms with Crippen LogP contribution in [0.5, 0.6) is 0 Å². The van der Waals surface area contributed by atoms with E-state index in [1.54, 1.807) is 6.92 Å². The third-order valence-corrected chi connectivity index (χ3v) is 6.08. The van der Waals surface area contributed by atoms with Gasteiger partial charge in [0.2, 0.25) is 0 Å². The second kappa shape index (κ2) is 7.82. The summed E-state index contributed by atoms with van der Waals surface area (Å²) >= 11 is 0. The Labute approximate surface area is 167 Å². The van der Waals surface area contributed by atoms with Gasteiger partial charge in [0.1, 0.15) is 0 Å². The lowest BCUT2D eigenvalue weighted by Gasteiger charge is -2.39. The van der Waals surface area contributed by atoms with Crippen LogP contribution >= 0.6 is 0 Å². The van der Waals surface area contributed by atoms with E-state index in [2.05, 4.69) is 27.4 Å². The summed E-state index contributed by atoms with van der Waals surface area (Å²) in [6.07, 6.45) is 0.0611. The number of rotatable bonds is 5. The molecule has 2 aliphatic rings. The molecule has 2 aromatic rings. The van der Waals surface area contributed by atoms with Gasteiger partial charge in [-0.2, -0.15) is 18.3 Å². The minimum absolute atomic E-state index is 0.0597. The zero-order valence-electron chi connectivity index (χ0n) is 16.3. The zero-order chi connectivity index (χ0) is 20.6. The smallest absolute Gasteiger partial charge is 0.349 e. The lowest BCUT2D eigenvalue weighted by Crippen LogP contribution is -2.50. The number of piperidine rings is 1. The highest BCUT2D eigenvalue weighted by Crippen LogP contribution is 2.37. The first-order valence-electron chi connectivity index (χ1n) is 10.1. The highest BCUT2D eigenvalue weighted by Gasteiger charge is 2.43. The second-order valence-electron chi connectivity index (χ2n) is 7.91. The highest BCUT2D eigenvalue weighted by molar-refractivity contribution is 5.95. The molecule has 2 bridgehead atoms. The number of nitrogens with one attached hydrogen (secondary N) is 1. The Morgan fingerprint density at radius 2 is 1.83 bits per heavy atom. The fraction of sp³-hybridized carbons (Fsp3) is 0.524. The van der Waals surface area contributed by atoms with Crippen LogP contribution in [0.25, 0.3) is 0 Å². The van der Waals surface area contributed by atoms with Crippen molar-refractivity contribution in [2.75, 3.05) is 0 Å². The number of fused-ring (bicyclic) bond motifs is 2. The Bertz CT molecular complexity index is 851. The number of aromatic nitrogens is 2. The summed E-state index contributed by atoms with van der Waals surface area (Å²) in [5.41, 5.74) is -0.103. The molecular weight excluding hydrogens is 381 g/mol. The van der Waals surface area contributed by atoms with Gasteiger partial charge in [-0.05, 0) is 38.2 Å². The number of hydrogen-bond acceptors (Lipinski definition) is 3. The molecule has 2 atom stereocenters. The van der Waals surface area contributed by atoms with E-state index >= 15 is 0 Å². The summed E-state index contributed by atoms with van der Waals surface area (Å²) in [5.74, 6) is -0.682. The van der Waals surface area contributed by atoms with Crippen LogP contribution in [0.1, 0.15) is 54.2 Å². The number of amides is 1. The van der Waals surface area contributed by atoms with Crippen molar-refractivity contribution in [2.45, 2.75) is 70.0 Å². The summed E-state index contributed by atoms with van der Waals surface area (Å²) in [6, 6.07) is 10.8. The molecule has 1 N–H and O–H groups in total. The number of aryl methyl sites for hydroxylation is 1. The van der Waals surface area contributed by atoms with E-state index in [9.17, 15) is 18.0 Å². The molecular formula is C21H25F3N4O.